The van der Waals surface area contributed by atoms with Crippen LogP contribution in [0.4, 0.5) is 0 Å². The predicted molar refractivity (Wildman–Crippen MR) is 69.4 cm³/mol. The molecule has 0 bridgehead atoms. The van der Waals surface area contributed by atoms with Crippen LogP contribution in [-0.4, -0.2) is 29.6 Å². The molecule has 1 aliphatic carbocycles. The van der Waals surface area contributed by atoms with Gasteiger partial charge in [0.1, 0.15) is 0 Å². The van der Waals surface area contributed by atoms with E-state index in [4.69, 9.17) is 5.73 Å². The average molecular weight is 224 g/mol. The van der Waals surface area contributed by atoms with Gasteiger partial charge in [-0.25, -0.2) is 0 Å². The molecule has 1 aliphatic heterocycles. The van der Waals surface area contributed by atoms with E-state index >= 15 is 0 Å². The summed E-state index contributed by atoms with van der Waals surface area (Å²) in [6.07, 6.45) is 8.07. The van der Waals surface area contributed by atoms with Gasteiger partial charge in [-0.2, -0.15) is 0 Å². The van der Waals surface area contributed by atoms with Crippen molar-refractivity contribution in [2.24, 2.45) is 11.1 Å². The first kappa shape index (κ1) is 12.4. The van der Waals surface area contributed by atoms with E-state index in [1.165, 1.54) is 45.1 Å². The van der Waals surface area contributed by atoms with Crippen LogP contribution >= 0.6 is 0 Å². The Balaban J connectivity index is 2.15. The van der Waals surface area contributed by atoms with Crippen molar-refractivity contribution in [3.05, 3.63) is 0 Å². The molecule has 0 amide bonds. The lowest BCUT2D eigenvalue weighted by atomic mass is 9.84. The second kappa shape index (κ2) is 4.30. The fourth-order valence-electron chi connectivity index (χ4n) is 3.98. The summed E-state index contributed by atoms with van der Waals surface area (Å²) in [6.45, 7) is 9.31. The van der Waals surface area contributed by atoms with Crippen LogP contribution in [0, 0.1) is 5.41 Å². The second-order valence-corrected chi connectivity index (χ2v) is 6.81. The van der Waals surface area contributed by atoms with Crippen LogP contribution in [0.1, 0.15) is 59.3 Å². The maximum Gasteiger partial charge on any atom is 0.0339 e. The summed E-state index contributed by atoms with van der Waals surface area (Å²) in [4.78, 5) is 2.74. The van der Waals surface area contributed by atoms with Gasteiger partial charge < -0.3 is 5.73 Å². The van der Waals surface area contributed by atoms with E-state index in [2.05, 4.69) is 25.7 Å². The standard InChI is InChI=1S/C14H28N2/c1-12-6-4-5-9-16(12)14(11-15)8-7-13(2,3)10-14/h12H,4-11,15H2,1-3H3. The van der Waals surface area contributed by atoms with Crippen molar-refractivity contribution in [1.29, 1.82) is 0 Å². The zero-order valence-electron chi connectivity index (χ0n) is 11.3. The Kier molecular flexibility index (Phi) is 3.33. The number of hydrogen-bond donors (Lipinski definition) is 1. The topological polar surface area (TPSA) is 29.3 Å². The van der Waals surface area contributed by atoms with E-state index in [-0.39, 0.29) is 0 Å². The number of piperidine rings is 1. The zero-order valence-corrected chi connectivity index (χ0v) is 11.3. The summed E-state index contributed by atoms with van der Waals surface area (Å²) in [5, 5.41) is 0. The third kappa shape index (κ3) is 2.14. The first-order chi connectivity index (χ1) is 7.49. The molecule has 1 saturated carbocycles. The van der Waals surface area contributed by atoms with Crippen molar-refractivity contribution < 1.29 is 0 Å². The van der Waals surface area contributed by atoms with Crippen LogP contribution in [0.2, 0.25) is 0 Å². The molecular weight excluding hydrogens is 196 g/mol. The highest BCUT2D eigenvalue weighted by molar-refractivity contribution is 5.04. The number of nitrogens with zero attached hydrogens (tertiary/aromatic N) is 1. The number of rotatable bonds is 2. The highest BCUT2D eigenvalue weighted by Gasteiger charge is 2.47. The molecule has 16 heavy (non-hydrogen) atoms. The van der Waals surface area contributed by atoms with Gasteiger partial charge in [0.05, 0.1) is 0 Å². The Hall–Kier alpha value is -0.0800. The van der Waals surface area contributed by atoms with Crippen molar-refractivity contribution in [3.63, 3.8) is 0 Å². The highest BCUT2D eigenvalue weighted by atomic mass is 15.2. The van der Waals surface area contributed by atoms with Gasteiger partial charge in [-0.05, 0) is 51.0 Å². The maximum absolute atomic E-state index is 6.14. The van der Waals surface area contributed by atoms with Gasteiger partial charge in [0.25, 0.3) is 0 Å². The van der Waals surface area contributed by atoms with E-state index in [9.17, 15) is 0 Å². The van der Waals surface area contributed by atoms with Crippen molar-refractivity contribution in [2.75, 3.05) is 13.1 Å². The minimum Gasteiger partial charge on any atom is -0.329 e. The lowest BCUT2D eigenvalue weighted by Gasteiger charge is -2.47. The first-order valence-electron chi connectivity index (χ1n) is 6.96. The monoisotopic (exact) mass is 224 g/mol. The van der Waals surface area contributed by atoms with E-state index in [1.807, 2.05) is 0 Å². The summed E-state index contributed by atoms with van der Waals surface area (Å²) < 4.78 is 0. The van der Waals surface area contributed by atoms with Gasteiger partial charge in [-0.1, -0.05) is 20.3 Å². The molecule has 0 spiro atoms. The van der Waals surface area contributed by atoms with Crippen LogP contribution in [0.5, 0.6) is 0 Å². The molecule has 0 radical (unpaired) electrons. The molecule has 2 N–H and O–H groups in total. The number of hydrogen-bond acceptors (Lipinski definition) is 2. The van der Waals surface area contributed by atoms with Crippen LogP contribution < -0.4 is 5.73 Å². The Morgan fingerprint density at radius 2 is 2.00 bits per heavy atom. The van der Waals surface area contributed by atoms with Crippen LogP contribution in [-0.2, 0) is 0 Å². The highest BCUT2D eigenvalue weighted by Crippen LogP contribution is 2.47. The van der Waals surface area contributed by atoms with Crippen molar-refractivity contribution in [1.82, 2.24) is 4.90 Å². The van der Waals surface area contributed by atoms with Gasteiger partial charge in [-0.15, -0.1) is 0 Å². The molecule has 2 fully saturated rings. The van der Waals surface area contributed by atoms with Crippen LogP contribution in [0.3, 0.4) is 0 Å². The average Bonchev–Trinajstić information content (AvgIpc) is 2.56. The molecular formula is C14H28N2. The molecule has 2 nitrogen and oxygen atoms in total. The quantitative estimate of drug-likeness (QED) is 0.781. The smallest absolute Gasteiger partial charge is 0.0339 e. The molecule has 2 rings (SSSR count). The Morgan fingerprint density at radius 1 is 1.25 bits per heavy atom. The fourth-order valence-corrected chi connectivity index (χ4v) is 3.98. The third-order valence-corrected chi connectivity index (χ3v) is 4.87. The molecule has 0 aromatic carbocycles. The SMILES string of the molecule is CC1CCCCN1C1(CN)CCC(C)(C)C1. The van der Waals surface area contributed by atoms with Gasteiger partial charge >= 0.3 is 0 Å². The first-order valence-corrected chi connectivity index (χ1v) is 6.96. The molecule has 1 heterocycles. The minimum atomic E-state index is 0.323. The number of likely N-dealkylation sites (tertiary alicyclic amines) is 1. The Bertz CT molecular complexity index is 249. The summed E-state index contributed by atoms with van der Waals surface area (Å²) in [5.74, 6) is 0. The van der Waals surface area contributed by atoms with Gasteiger partial charge in [0.2, 0.25) is 0 Å². The molecule has 1 saturated heterocycles. The Labute approximate surface area is 101 Å². The van der Waals surface area contributed by atoms with Crippen LogP contribution in [0.15, 0.2) is 0 Å². The summed E-state index contributed by atoms with van der Waals surface area (Å²) in [7, 11) is 0. The van der Waals surface area contributed by atoms with E-state index in [1.54, 1.807) is 0 Å². The van der Waals surface area contributed by atoms with Gasteiger partial charge in [-0.3, -0.25) is 4.90 Å². The molecule has 2 unspecified atom stereocenters. The Morgan fingerprint density at radius 3 is 2.50 bits per heavy atom. The normalized spacial score (nSPS) is 40.1. The van der Waals surface area contributed by atoms with Crippen molar-refractivity contribution in [3.8, 4) is 0 Å². The zero-order chi connectivity index (χ0) is 11.8. The molecule has 0 aromatic heterocycles. The predicted octanol–water partition coefficient (Wildman–Crippen LogP) is 2.77. The molecule has 2 heteroatoms. The molecule has 2 aliphatic rings. The van der Waals surface area contributed by atoms with Crippen molar-refractivity contribution in [2.45, 2.75) is 70.9 Å². The molecule has 2 atom stereocenters. The largest absolute Gasteiger partial charge is 0.329 e. The lowest BCUT2D eigenvalue weighted by Crippen LogP contribution is -2.57. The summed E-state index contributed by atoms with van der Waals surface area (Å²) in [5.41, 5.74) is 6.96. The lowest BCUT2D eigenvalue weighted by molar-refractivity contribution is 0.0271. The number of nitrogens with two attached hydrogens (primary N) is 1. The second-order valence-electron chi connectivity index (χ2n) is 6.81. The van der Waals surface area contributed by atoms with E-state index in [0.29, 0.717) is 11.0 Å². The van der Waals surface area contributed by atoms with E-state index < -0.39 is 0 Å². The third-order valence-electron chi connectivity index (χ3n) is 4.87. The summed E-state index contributed by atoms with van der Waals surface area (Å²) in [6, 6.07) is 0.742. The summed E-state index contributed by atoms with van der Waals surface area (Å²) >= 11 is 0. The van der Waals surface area contributed by atoms with E-state index in [0.717, 1.165) is 12.6 Å². The minimum absolute atomic E-state index is 0.323. The fraction of sp³-hybridized carbons (Fsp3) is 1.00. The van der Waals surface area contributed by atoms with Crippen molar-refractivity contribution >= 4 is 0 Å². The molecule has 0 aromatic rings. The maximum atomic E-state index is 6.14. The molecule has 94 valence electrons. The van der Waals surface area contributed by atoms with Crippen LogP contribution in [0.25, 0.3) is 0 Å². The van der Waals surface area contributed by atoms with Gasteiger partial charge in [0, 0.05) is 18.1 Å². The van der Waals surface area contributed by atoms with Gasteiger partial charge in [0.15, 0.2) is 0 Å².